The van der Waals surface area contributed by atoms with Crippen molar-refractivity contribution in [1.29, 1.82) is 0 Å². The molecule has 3 aromatic rings. The van der Waals surface area contributed by atoms with Crippen molar-refractivity contribution in [2.24, 2.45) is 5.73 Å². The van der Waals surface area contributed by atoms with Crippen LogP contribution in [0.5, 0.6) is 0 Å². The first-order chi connectivity index (χ1) is 13.6. The molecule has 0 atom stereocenters. The monoisotopic (exact) mass is 393 g/mol. The normalized spacial score (nSPS) is 14.9. The summed E-state index contributed by atoms with van der Waals surface area (Å²) in [6.07, 6.45) is 8.48. The fourth-order valence-electron chi connectivity index (χ4n) is 3.55. The second-order valence-corrected chi connectivity index (χ2v) is 7.47. The zero-order valence-corrected chi connectivity index (χ0v) is 16.0. The third kappa shape index (κ3) is 3.55. The third-order valence-electron chi connectivity index (χ3n) is 5.29. The van der Waals surface area contributed by atoms with Crippen LogP contribution in [0.25, 0.3) is 11.1 Å². The molecule has 2 aromatic heterocycles. The summed E-state index contributed by atoms with van der Waals surface area (Å²) < 4.78 is 0. The van der Waals surface area contributed by atoms with Gasteiger partial charge in [-0.15, -0.1) is 0 Å². The number of hydrogen-bond donors (Lipinski definition) is 2. The molecule has 2 heterocycles. The number of benzene rings is 1. The van der Waals surface area contributed by atoms with Gasteiger partial charge in [-0.3, -0.25) is 9.78 Å². The first-order valence-corrected chi connectivity index (χ1v) is 9.52. The highest BCUT2D eigenvalue weighted by molar-refractivity contribution is 6.31. The lowest BCUT2D eigenvalue weighted by Gasteiger charge is -2.41. The summed E-state index contributed by atoms with van der Waals surface area (Å²) in [5, 5.41) is 4.03. The number of aromatic nitrogens is 3. The Morgan fingerprint density at radius 3 is 2.54 bits per heavy atom. The molecule has 3 N–H and O–H groups in total. The molecule has 1 saturated carbocycles. The van der Waals surface area contributed by atoms with Crippen molar-refractivity contribution in [3.05, 3.63) is 71.3 Å². The highest BCUT2D eigenvalue weighted by Crippen LogP contribution is 2.45. The SMILES string of the molecule is NC(=O)c1cccc(-c2cnc(NCC3(c4ncccc4Cl)CCC3)nc2)c1. The highest BCUT2D eigenvalue weighted by Gasteiger charge is 2.41. The number of nitrogens with zero attached hydrogens (tertiary/aromatic N) is 3. The van der Waals surface area contributed by atoms with Crippen LogP contribution in [0.1, 0.15) is 35.3 Å². The smallest absolute Gasteiger partial charge is 0.248 e. The first kappa shape index (κ1) is 18.4. The zero-order valence-electron chi connectivity index (χ0n) is 15.2. The van der Waals surface area contributed by atoms with Crippen LogP contribution in [0.3, 0.4) is 0 Å². The van der Waals surface area contributed by atoms with Gasteiger partial charge >= 0.3 is 0 Å². The molecule has 0 bridgehead atoms. The van der Waals surface area contributed by atoms with Crippen molar-refractivity contribution in [1.82, 2.24) is 15.0 Å². The molecule has 1 aliphatic carbocycles. The number of halogens is 1. The van der Waals surface area contributed by atoms with Crippen LogP contribution in [-0.2, 0) is 5.41 Å². The third-order valence-corrected chi connectivity index (χ3v) is 5.59. The number of anilines is 1. The maximum atomic E-state index is 11.4. The number of primary amides is 1. The number of rotatable bonds is 6. The van der Waals surface area contributed by atoms with Crippen LogP contribution in [0.15, 0.2) is 55.0 Å². The number of carbonyl (C=O) groups excluding carboxylic acids is 1. The van der Waals surface area contributed by atoms with E-state index in [9.17, 15) is 4.79 Å². The molecular weight excluding hydrogens is 374 g/mol. The Balaban J connectivity index is 1.49. The van der Waals surface area contributed by atoms with E-state index in [4.69, 9.17) is 17.3 Å². The van der Waals surface area contributed by atoms with E-state index in [0.717, 1.165) is 36.1 Å². The van der Waals surface area contributed by atoms with Crippen LogP contribution in [0.4, 0.5) is 5.95 Å². The molecular formula is C21H20ClN5O. The first-order valence-electron chi connectivity index (χ1n) is 9.15. The van der Waals surface area contributed by atoms with Gasteiger partial charge in [0.15, 0.2) is 0 Å². The minimum absolute atomic E-state index is 0.0732. The Morgan fingerprint density at radius 2 is 1.89 bits per heavy atom. The van der Waals surface area contributed by atoms with Gasteiger partial charge in [-0.05, 0) is 42.7 Å². The molecule has 0 saturated heterocycles. The van der Waals surface area contributed by atoms with Gasteiger partial charge < -0.3 is 11.1 Å². The van der Waals surface area contributed by atoms with Crippen molar-refractivity contribution in [3.63, 3.8) is 0 Å². The molecule has 1 aliphatic rings. The Kier molecular flexibility index (Phi) is 4.96. The second-order valence-electron chi connectivity index (χ2n) is 7.06. The van der Waals surface area contributed by atoms with Gasteiger partial charge in [0.2, 0.25) is 11.9 Å². The minimum atomic E-state index is -0.458. The average Bonchev–Trinajstić information content (AvgIpc) is 2.69. The molecule has 0 unspecified atom stereocenters. The largest absolute Gasteiger partial charge is 0.366 e. The lowest BCUT2D eigenvalue weighted by atomic mass is 9.66. The molecule has 0 aliphatic heterocycles. The summed E-state index contributed by atoms with van der Waals surface area (Å²) in [6.45, 7) is 0.681. The van der Waals surface area contributed by atoms with Crippen LogP contribution in [0, 0.1) is 0 Å². The lowest BCUT2D eigenvalue weighted by molar-refractivity contribution is 0.100. The van der Waals surface area contributed by atoms with Crippen molar-refractivity contribution < 1.29 is 4.79 Å². The van der Waals surface area contributed by atoms with Crippen molar-refractivity contribution in [2.75, 3.05) is 11.9 Å². The van der Waals surface area contributed by atoms with Crippen LogP contribution in [-0.4, -0.2) is 27.4 Å². The van der Waals surface area contributed by atoms with E-state index in [1.807, 2.05) is 18.2 Å². The fourth-order valence-corrected chi connectivity index (χ4v) is 3.87. The lowest BCUT2D eigenvalue weighted by Crippen LogP contribution is -2.42. The van der Waals surface area contributed by atoms with E-state index in [1.165, 1.54) is 0 Å². The molecule has 1 fully saturated rings. The van der Waals surface area contributed by atoms with Crippen LogP contribution >= 0.6 is 11.6 Å². The van der Waals surface area contributed by atoms with Crippen molar-refractivity contribution in [3.8, 4) is 11.1 Å². The fraction of sp³-hybridized carbons (Fsp3) is 0.238. The predicted octanol–water partition coefficient (Wildman–Crippen LogP) is 3.82. The zero-order chi connectivity index (χ0) is 19.6. The summed E-state index contributed by atoms with van der Waals surface area (Å²) in [6, 6.07) is 10.8. The average molecular weight is 394 g/mol. The van der Waals surface area contributed by atoms with Gasteiger partial charge in [0.25, 0.3) is 0 Å². The van der Waals surface area contributed by atoms with E-state index in [0.29, 0.717) is 23.1 Å². The molecule has 4 rings (SSSR count). The van der Waals surface area contributed by atoms with Gasteiger partial charge in [0, 0.05) is 41.7 Å². The molecule has 28 heavy (non-hydrogen) atoms. The minimum Gasteiger partial charge on any atom is -0.366 e. The Labute approximate surface area is 168 Å². The van der Waals surface area contributed by atoms with Crippen LogP contribution < -0.4 is 11.1 Å². The molecule has 1 amide bonds. The molecule has 6 nitrogen and oxygen atoms in total. The van der Waals surface area contributed by atoms with Crippen molar-refractivity contribution in [2.45, 2.75) is 24.7 Å². The standard InChI is InChI=1S/C21H20ClN5O/c22-17-6-2-9-24-18(17)21(7-3-8-21)13-27-20-25-11-16(12-26-20)14-4-1-5-15(10-14)19(23)28/h1-2,4-6,9-12H,3,7-8,13H2,(H2,23,28)(H,25,26,27). The topological polar surface area (TPSA) is 93.8 Å². The summed E-state index contributed by atoms with van der Waals surface area (Å²) >= 11 is 6.37. The summed E-state index contributed by atoms with van der Waals surface area (Å²) in [5.74, 6) is 0.0909. The van der Waals surface area contributed by atoms with Crippen molar-refractivity contribution >= 4 is 23.5 Å². The van der Waals surface area contributed by atoms with Crippen LogP contribution in [0.2, 0.25) is 5.02 Å². The highest BCUT2D eigenvalue weighted by atomic mass is 35.5. The summed E-state index contributed by atoms with van der Waals surface area (Å²) in [5.41, 5.74) is 8.34. The molecule has 1 aromatic carbocycles. The molecule has 142 valence electrons. The predicted molar refractivity (Wildman–Crippen MR) is 109 cm³/mol. The number of hydrogen-bond acceptors (Lipinski definition) is 5. The Hall–Kier alpha value is -2.99. The summed E-state index contributed by atoms with van der Waals surface area (Å²) in [7, 11) is 0. The van der Waals surface area contributed by atoms with E-state index in [2.05, 4.69) is 20.3 Å². The van der Waals surface area contributed by atoms with Gasteiger partial charge in [0.05, 0.1) is 10.7 Å². The van der Waals surface area contributed by atoms with Gasteiger partial charge in [-0.2, -0.15) is 0 Å². The number of amides is 1. The maximum Gasteiger partial charge on any atom is 0.248 e. The molecule has 0 spiro atoms. The number of nitrogens with two attached hydrogens (primary N) is 1. The number of pyridine rings is 1. The molecule has 0 radical (unpaired) electrons. The van der Waals surface area contributed by atoms with Gasteiger partial charge in [-0.25, -0.2) is 9.97 Å². The van der Waals surface area contributed by atoms with E-state index >= 15 is 0 Å². The van der Waals surface area contributed by atoms with E-state index < -0.39 is 5.91 Å². The maximum absolute atomic E-state index is 11.4. The van der Waals surface area contributed by atoms with E-state index in [1.54, 1.807) is 36.8 Å². The molecule has 7 heteroatoms. The quantitative estimate of drug-likeness (QED) is 0.663. The second kappa shape index (κ2) is 7.56. The van der Waals surface area contributed by atoms with Gasteiger partial charge in [0.1, 0.15) is 0 Å². The Morgan fingerprint density at radius 1 is 1.11 bits per heavy atom. The summed E-state index contributed by atoms with van der Waals surface area (Å²) in [4.78, 5) is 24.7. The Bertz CT molecular complexity index is 1000. The number of carbonyl (C=O) groups is 1. The van der Waals surface area contributed by atoms with E-state index in [-0.39, 0.29) is 5.41 Å². The van der Waals surface area contributed by atoms with Gasteiger partial charge in [-0.1, -0.05) is 30.2 Å². The number of nitrogens with one attached hydrogen (secondary N) is 1.